The van der Waals surface area contributed by atoms with E-state index in [-0.39, 0.29) is 45.6 Å². The van der Waals surface area contributed by atoms with Crippen LogP contribution in [0.4, 0.5) is 0 Å². The van der Waals surface area contributed by atoms with Crippen molar-refractivity contribution in [2.75, 3.05) is 0 Å². The van der Waals surface area contributed by atoms with E-state index in [0.717, 1.165) is 0 Å². The van der Waals surface area contributed by atoms with E-state index in [4.69, 9.17) is 32.1 Å². The van der Waals surface area contributed by atoms with Gasteiger partial charge in [0.05, 0.1) is 0 Å². The molecule has 0 aromatic carbocycles. The molecule has 0 aliphatic carbocycles. The molecule has 0 rings (SSSR count). The van der Waals surface area contributed by atoms with Gasteiger partial charge in [0, 0.05) is 0 Å². The van der Waals surface area contributed by atoms with Gasteiger partial charge in [0.15, 0.2) is 0 Å². The molecule has 0 spiro atoms. The molecule has 12 heteroatoms. The molecule has 0 aliphatic heterocycles. The maximum atomic E-state index is 8.61. The van der Waals surface area contributed by atoms with Gasteiger partial charge in [-0.15, -0.1) is 0 Å². The van der Waals surface area contributed by atoms with Gasteiger partial charge in [-0.25, -0.2) is 0 Å². The average Bonchev–Trinajstić information content (AvgIpc) is 1.12. The summed E-state index contributed by atoms with van der Waals surface area (Å²) in [6.07, 6.45) is 0. The quantitative estimate of drug-likeness (QED) is 0.319. The first-order valence-corrected chi connectivity index (χ1v) is 7.59. The van der Waals surface area contributed by atoms with E-state index in [0.29, 0.717) is 0 Å². The molecule has 0 aliphatic rings. The molecule has 0 saturated heterocycles. The fraction of sp³-hybridized carbons (Fsp3) is 0. The Kier molecular flexibility index (Phi) is 18.8. The van der Waals surface area contributed by atoms with Crippen LogP contribution in [-0.4, -0.2) is 74.7 Å². The molecule has 0 amide bonds. The van der Waals surface area contributed by atoms with Crippen molar-refractivity contribution in [2.45, 2.75) is 0 Å². The molecular weight excluding hydrogens is 462 g/mol. The second kappa shape index (κ2) is 9.54. The second-order valence-electron chi connectivity index (χ2n) is 0.894. The van der Waals surface area contributed by atoms with Gasteiger partial charge in [0.25, 0.3) is 0 Å². The number of hydrogen-bond donors (Lipinski definition) is 0. The third-order valence-electron chi connectivity index (χ3n) is 0. The van der Waals surface area contributed by atoms with Crippen molar-refractivity contribution in [3.05, 3.63) is 0 Å². The van der Waals surface area contributed by atoms with Gasteiger partial charge >= 0.3 is 107 Å². The summed E-state index contributed by atoms with van der Waals surface area (Å²) in [5.74, 6) is 0. The average molecular weight is 462 g/mol. The predicted molar refractivity (Wildman–Crippen MR) is 24.4 cm³/mol. The van der Waals surface area contributed by atoms with Gasteiger partial charge < -0.3 is 0 Å². The topological polar surface area (TPSA) is 172 Å². The summed E-state index contributed by atoms with van der Waals surface area (Å²) in [5.41, 5.74) is 0. The minimum absolute atomic E-state index is 0. The fourth-order valence-corrected chi connectivity index (χ4v) is 0. The SMILES string of the molecule is O=[As]([O-])([O-])[O-].O=[As]([O-])([O-])[O-].[Ga+3].[In+3]. The molecule has 0 atom stereocenters. The molecule has 0 N–H and O–H groups in total. The van der Waals surface area contributed by atoms with Crippen molar-refractivity contribution >= 4 is 74.7 Å². The van der Waals surface area contributed by atoms with Gasteiger partial charge in [0.1, 0.15) is 0 Å². The number of hydrogen-bond acceptors (Lipinski definition) is 8. The van der Waals surface area contributed by atoms with Crippen molar-refractivity contribution in [3.8, 4) is 0 Å². The Bertz CT molecular complexity index is 129. The van der Waals surface area contributed by atoms with Crippen molar-refractivity contribution < 1.29 is 32.1 Å². The molecule has 0 fully saturated rings. The Morgan fingerprint density at radius 2 is 0.667 bits per heavy atom. The first-order chi connectivity index (χ1) is 4.00. The van der Waals surface area contributed by atoms with Crippen molar-refractivity contribution in [1.82, 2.24) is 0 Å². The molecule has 0 aromatic rings. The van der Waals surface area contributed by atoms with Crippen LogP contribution in [0.2, 0.25) is 0 Å². The van der Waals surface area contributed by atoms with Crippen molar-refractivity contribution in [2.24, 2.45) is 0 Å². The monoisotopic (exact) mass is 462 g/mol. The smallest absolute Gasteiger partial charge is 3.00 e. The van der Waals surface area contributed by atoms with E-state index >= 15 is 0 Å². The van der Waals surface area contributed by atoms with Gasteiger partial charge in [-0.05, 0) is 0 Å². The van der Waals surface area contributed by atoms with E-state index in [1.807, 2.05) is 0 Å². The Morgan fingerprint density at radius 3 is 0.667 bits per heavy atom. The Labute approximate surface area is 106 Å². The Morgan fingerprint density at radius 1 is 0.667 bits per heavy atom. The predicted octanol–water partition coefficient (Wildman–Crippen LogP) is -8.89. The molecule has 0 heterocycles. The summed E-state index contributed by atoms with van der Waals surface area (Å²) in [6.45, 7) is 0. The van der Waals surface area contributed by atoms with E-state index in [1.54, 1.807) is 0 Å². The zero-order chi connectivity index (χ0) is 9.00. The van der Waals surface area contributed by atoms with Crippen LogP contribution < -0.4 is 24.6 Å². The van der Waals surface area contributed by atoms with E-state index < -0.39 is 29.0 Å². The molecule has 0 radical (unpaired) electrons. The molecule has 0 bridgehead atoms. The third-order valence-corrected chi connectivity index (χ3v) is 0. The third kappa shape index (κ3) is 367. The molecular formula is As2GaInO8. The normalized spacial score (nSPS) is 9.83. The summed E-state index contributed by atoms with van der Waals surface area (Å²) in [6, 6.07) is 0. The van der Waals surface area contributed by atoms with Gasteiger partial charge in [-0.1, -0.05) is 0 Å². The second-order valence-corrected chi connectivity index (χ2v) is 4.65. The van der Waals surface area contributed by atoms with Gasteiger partial charge in [-0.3, -0.25) is 0 Å². The summed E-state index contributed by atoms with van der Waals surface area (Å²) in [4.78, 5) is 0. The largest absolute Gasteiger partial charge is 3.00 e. The Balaban J connectivity index is -0.0000000457. The summed E-state index contributed by atoms with van der Waals surface area (Å²) in [5, 5.41) is 0. The van der Waals surface area contributed by atoms with E-state index in [9.17, 15) is 0 Å². The molecule has 64 valence electrons. The van der Waals surface area contributed by atoms with Crippen LogP contribution in [0.3, 0.4) is 0 Å². The zero-order valence-corrected chi connectivity index (χ0v) is 14.8. The fourth-order valence-electron chi connectivity index (χ4n) is 0. The van der Waals surface area contributed by atoms with Crippen LogP contribution in [0.15, 0.2) is 0 Å². The standard InChI is InChI=1S/2AsH3O4.Ga.In/c2*2-1(3,4)5;;/h2*(H3,2,3,4,5);;/q;;2*+3/p-6. The van der Waals surface area contributed by atoms with Crippen LogP contribution in [0.25, 0.3) is 0 Å². The molecule has 8 nitrogen and oxygen atoms in total. The van der Waals surface area contributed by atoms with Crippen LogP contribution in [0.1, 0.15) is 0 Å². The number of rotatable bonds is 0. The molecule has 12 heavy (non-hydrogen) atoms. The van der Waals surface area contributed by atoms with Gasteiger partial charge in [0.2, 0.25) is 0 Å². The minimum atomic E-state index is -5.88. The summed E-state index contributed by atoms with van der Waals surface area (Å²) in [7, 11) is 0. The van der Waals surface area contributed by atoms with Crippen molar-refractivity contribution in [1.29, 1.82) is 0 Å². The van der Waals surface area contributed by atoms with Crippen LogP contribution in [-0.2, 0) is 7.48 Å². The molecule has 0 aromatic heterocycles. The summed E-state index contributed by atoms with van der Waals surface area (Å²) < 4.78 is 68.9. The van der Waals surface area contributed by atoms with Crippen LogP contribution in [0, 0.1) is 0 Å². The van der Waals surface area contributed by atoms with Crippen molar-refractivity contribution in [3.63, 3.8) is 0 Å². The van der Waals surface area contributed by atoms with E-state index in [2.05, 4.69) is 0 Å². The molecule has 0 unspecified atom stereocenters. The molecule has 0 saturated carbocycles. The first kappa shape index (κ1) is 23.7. The maximum Gasteiger partial charge on any atom is 3.00 e. The Hall–Kier alpha value is 1.98. The van der Waals surface area contributed by atoms with E-state index in [1.165, 1.54) is 0 Å². The maximum absolute atomic E-state index is 8.61. The first-order valence-electron chi connectivity index (χ1n) is 1.46. The van der Waals surface area contributed by atoms with Crippen LogP contribution >= 0.6 is 0 Å². The minimum Gasteiger partial charge on any atom is 3.00 e. The summed E-state index contributed by atoms with van der Waals surface area (Å²) >= 11 is -11.8. The van der Waals surface area contributed by atoms with Gasteiger partial charge in [-0.2, -0.15) is 0 Å². The van der Waals surface area contributed by atoms with Crippen LogP contribution in [0.5, 0.6) is 0 Å². The zero-order valence-electron chi connectivity index (χ0n) is 5.32.